The molecule has 5 heteroatoms. The van der Waals surface area contributed by atoms with E-state index in [0.717, 1.165) is 0 Å². The van der Waals surface area contributed by atoms with Gasteiger partial charge in [-0.1, -0.05) is 0 Å². The summed E-state index contributed by atoms with van der Waals surface area (Å²) in [6, 6.07) is -0.255. The van der Waals surface area contributed by atoms with Gasteiger partial charge in [0.2, 0.25) is 0 Å². The molecule has 0 aromatic carbocycles. The van der Waals surface area contributed by atoms with Crippen molar-refractivity contribution >= 4 is 12.3 Å². The van der Waals surface area contributed by atoms with Gasteiger partial charge in [-0.15, -0.1) is 0 Å². The van der Waals surface area contributed by atoms with Crippen LogP contribution < -0.4 is 0 Å². The number of rotatable bonds is 5. The van der Waals surface area contributed by atoms with Crippen LogP contribution in [0.2, 0.25) is 0 Å². The lowest BCUT2D eigenvalue weighted by atomic mass is 10.3. The molecule has 82 valence electrons. The molecule has 0 saturated carbocycles. The number of aliphatic hydroxyl groups is 1. The minimum atomic E-state index is -0.235. The molecule has 0 aliphatic heterocycles. The van der Waals surface area contributed by atoms with Gasteiger partial charge in [0, 0.05) is 19.6 Å². The summed E-state index contributed by atoms with van der Waals surface area (Å²) in [5.41, 5.74) is 0. The molecule has 0 rings (SSSR count). The highest BCUT2D eigenvalue weighted by atomic mass is 16.3. The summed E-state index contributed by atoms with van der Waals surface area (Å²) in [7, 11) is 1.60. The number of carbonyl (C=O) groups is 2. The quantitative estimate of drug-likeness (QED) is 0.635. The van der Waals surface area contributed by atoms with Gasteiger partial charge in [-0.05, 0) is 13.8 Å². The molecule has 0 fully saturated rings. The fourth-order valence-electron chi connectivity index (χ4n) is 1.06. The molecule has 0 aliphatic carbocycles. The lowest BCUT2D eigenvalue weighted by Crippen LogP contribution is -2.46. The molecule has 1 N–H and O–H groups in total. The highest BCUT2D eigenvalue weighted by Gasteiger charge is 2.19. The van der Waals surface area contributed by atoms with Crippen molar-refractivity contribution in [2.24, 2.45) is 0 Å². The number of hydrogen-bond acceptors (Lipinski definition) is 3. The van der Waals surface area contributed by atoms with E-state index in [1.807, 2.05) is 13.8 Å². The first-order chi connectivity index (χ1) is 6.54. The van der Waals surface area contributed by atoms with Crippen molar-refractivity contribution in [3.63, 3.8) is 0 Å². The molecule has 0 aromatic rings. The van der Waals surface area contributed by atoms with Gasteiger partial charge in [-0.2, -0.15) is 0 Å². The maximum absolute atomic E-state index is 11.6. The Hall–Kier alpha value is -1.10. The maximum atomic E-state index is 11.6. The topological polar surface area (TPSA) is 60.9 Å². The molecule has 0 aromatic heterocycles. The zero-order valence-corrected chi connectivity index (χ0v) is 8.93. The smallest absolute Gasteiger partial charge is 0.320 e. The number of aldehydes is 1. The van der Waals surface area contributed by atoms with Crippen LogP contribution in [0.3, 0.4) is 0 Å². The minimum absolute atomic E-state index is 0.0196. The van der Waals surface area contributed by atoms with Crippen molar-refractivity contribution in [2.45, 2.75) is 19.9 Å². The standard InChI is InChI=1S/C9H18N2O3/c1-8(2)11(5-7-13)9(14)10(3)4-6-12/h7-8,12H,4-6H2,1-3H3. The van der Waals surface area contributed by atoms with Crippen molar-refractivity contribution in [1.29, 1.82) is 0 Å². The first kappa shape index (κ1) is 12.9. The molecule has 14 heavy (non-hydrogen) atoms. The second kappa shape index (κ2) is 6.37. The average Bonchev–Trinajstić information content (AvgIpc) is 2.13. The van der Waals surface area contributed by atoms with Gasteiger partial charge >= 0.3 is 6.03 Å². The van der Waals surface area contributed by atoms with Crippen LogP contribution in [0.1, 0.15) is 13.8 Å². The van der Waals surface area contributed by atoms with Crippen LogP contribution in [0.4, 0.5) is 4.79 Å². The Morgan fingerprint density at radius 1 is 1.50 bits per heavy atom. The third-order valence-electron chi connectivity index (χ3n) is 1.90. The Kier molecular flexibility index (Phi) is 5.87. The fraction of sp³-hybridized carbons (Fsp3) is 0.778. The number of aliphatic hydroxyl groups excluding tert-OH is 1. The Morgan fingerprint density at radius 3 is 2.43 bits per heavy atom. The SMILES string of the molecule is CC(C)N(CC=O)C(=O)N(C)CCO. The normalized spacial score (nSPS) is 10.1. The van der Waals surface area contributed by atoms with E-state index in [1.54, 1.807) is 7.05 Å². The molecule has 0 aliphatic rings. The number of likely N-dealkylation sites (N-methyl/N-ethyl adjacent to an activating group) is 1. The summed E-state index contributed by atoms with van der Waals surface area (Å²) in [5, 5.41) is 8.65. The van der Waals surface area contributed by atoms with Crippen molar-refractivity contribution in [1.82, 2.24) is 9.80 Å². The van der Waals surface area contributed by atoms with Gasteiger partial charge < -0.3 is 19.7 Å². The summed E-state index contributed by atoms with van der Waals surface area (Å²) in [6.07, 6.45) is 0.699. The van der Waals surface area contributed by atoms with Crippen molar-refractivity contribution in [3.8, 4) is 0 Å². The molecule has 0 heterocycles. The summed E-state index contributed by atoms with van der Waals surface area (Å²) < 4.78 is 0. The van der Waals surface area contributed by atoms with E-state index in [2.05, 4.69) is 0 Å². The van der Waals surface area contributed by atoms with Gasteiger partial charge in [-0.25, -0.2) is 4.79 Å². The summed E-state index contributed by atoms with van der Waals surface area (Å²) >= 11 is 0. The van der Waals surface area contributed by atoms with E-state index in [1.165, 1.54) is 9.80 Å². The highest BCUT2D eigenvalue weighted by Crippen LogP contribution is 2.01. The third-order valence-corrected chi connectivity index (χ3v) is 1.90. The molecule has 0 saturated heterocycles. The van der Waals surface area contributed by atoms with Crippen LogP contribution in [0.5, 0.6) is 0 Å². The van der Waals surface area contributed by atoms with Gasteiger partial charge in [0.05, 0.1) is 13.2 Å². The van der Waals surface area contributed by atoms with E-state index >= 15 is 0 Å². The van der Waals surface area contributed by atoms with E-state index in [-0.39, 0.29) is 31.8 Å². The molecule has 0 spiro atoms. The third kappa shape index (κ3) is 3.74. The molecule has 0 unspecified atom stereocenters. The van der Waals surface area contributed by atoms with Gasteiger partial charge in [0.15, 0.2) is 0 Å². The monoisotopic (exact) mass is 202 g/mol. The summed E-state index contributed by atoms with van der Waals surface area (Å²) in [5.74, 6) is 0. The molecule has 0 atom stereocenters. The summed E-state index contributed by atoms with van der Waals surface area (Å²) in [4.78, 5) is 24.8. The molecular formula is C9H18N2O3. The minimum Gasteiger partial charge on any atom is -0.395 e. The summed E-state index contributed by atoms with van der Waals surface area (Å²) in [6.45, 7) is 3.98. The zero-order chi connectivity index (χ0) is 11.1. The van der Waals surface area contributed by atoms with Crippen LogP contribution in [0.15, 0.2) is 0 Å². The zero-order valence-electron chi connectivity index (χ0n) is 8.93. The largest absolute Gasteiger partial charge is 0.395 e. The highest BCUT2D eigenvalue weighted by molar-refractivity contribution is 5.77. The van der Waals surface area contributed by atoms with Gasteiger partial charge in [0.25, 0.3) is 0 Å². The van der Waals surface area contributed by atoms with Crippen LogP contribution in [-0.4, -0.2) is 60.0 Å². The Labute approximate surface area is 84.3 Å². The van der Waals surface area contributed by atoms with Gasteiger partial charge in [-0.3, -0.25) is 0 Å². The molecule has 0 radical (unpaired) electrons. The Morgan fingerprint density at radius 2 is 2.07 bits per heavy atom. The Bertz CT molecular complexity index is 194. The average molecular weight is 202 g/mol. The first-order valence-corrected chi connectivity index (χ1v) is 4.60. The molecule has 5 nitrogen and oxygen atoms in total. The van der Waals surface area contributed by atoms with Crippen molar-refractivity contribution in [2.75, 3.05) is 26.7 Å². The van der Waals surface area contributed by atoms with Crippen molar-refractivity contribution in [3.05, 3.63) is 0 Å². The number of amides is 2. The molecule has 2 amide bonds. The number of urea groups is 1. The van der Waals surface area contributed by atoms with Crippen LogP contribution in [0, 0.1) is 0 Å². The van der Waals surface area contributed by atoms with Gasteiger partial charge in [0.1, 0.15) is 6.29 Å². The van der Waals surface area contributed by atoms with E-state index in [4.69, 9.17) is 5.11 Å². The Balaban J connectivity index is 4.34. The van der Waals surface area contributed by atoms with E-state index < -0.39 is 0 Å². The van der Waals surface area contributed by atoms with E-state index in [0.29, 0.717) is 6.29 Å². The van der Waals surface area contributed by atoms with E-state index in [9.17, 15) is 9.59 Å². The first-order valence-electron chi connectivity index (χ1n) is 4.60. The lowest BCUT2D eigenvalue weighted by molar-refractivity contribution is -0.108. The number of nitrogens with zero attached hydrogens (tertiary/aromatic N) is 2. The fourth-order valence-corrected chi connectivity index (χ4v) is 1.06. The number of hydrogen-bond donors (Lipinski definition) is 1. The van der Waals surface area contributed by atoms with Crippen LogP contribution in [-0.2, 0) is 4.79 Å². The molecule has 0 bridgehead atoms. The van der Waals surface area contributed by atoms with Crippen molar-refractivity contribution < 1.29 is 14.7 Å². The van der Waals surface area contributed by atoms with Crippen LogP contribution in [0.25, 0.3) is 0 Å². The lowest BCUT2D eigenvalue weighted by Gasteiger charge is -2.29. The maximum Gasteiger partial charge on any atom is 0.320 e. The predicted molar refractivity (Wildman–Crippen MR) is 53.0 cm³/mol. The molecular weight excluding hydrogens is 184 g/mol. The second-order valence-corrected chi connectivity index (χ2v) is 3.34. The predicted octanol–water partition coefficient (Wildman–Crippen LogP) is -0.0602. The van der Waals surface area contributed by atoms with Crippen LogP contribution >= 0.6 is 0 Å². The second-order valence-electron chi connectivity index (χ2n) is 3.34. The number of carbonyl (C=O) groups excluding carboxylic acids is 2.